The van der Waals surface area contributed by atoms with Crippen LogP contribution < -0.4 is 5.32 Å². The highest BCUT2D eigenvalue weighted by Gasteiger charge is 2.44. The summed E-state index contributed by atoms with van der Waals surface area (Å²) in [6, 6.07) is 0. The number of thioether (sulfide) groups is 2. The van der Waals surface area contributed by atoms with Gasteiger partial charge in [-0.05, 0) is 25.0 Å². The zero-order valence-electron chi connectivity index (χ0n) is 13.1. The van der Waals surface area contributed by atoms with E-state index in [2.05, 4.69) is 10.5 Å². The number of aliphatic hydroxyl groups is 1. The first-order valence-corrected chi connectivity index (χ1v) is 9.48. The zero-order chi connectivity index (χ0) is 16.2. The Balaban J connectivity index is 2.25. The molecule has 2 unspecified atom stereocenters. The number of carbonyl (C=O) groups is 1. The third-order valence-electron chi connectivity index (χ3n) is 3.80. The average Bonchev–Trinajstić information content (AvgIpc) is 3.00. The molecular formula is C15H22N2O3S2. The van der Waals surface area contributed by atoms with Crippen LogP contribution in [-0.2, 0) is 9.63 Å². The second kappa shape index (κ2) is 7.46. The maximum Gasteiger partial charge on any atom is 0.168 e. The number of hydrogen-bond acceptors (Lipinski definition) is 7. The molecule has 1 aliphatic carbocycles. The van der Waals surface area contributed by atoms with Gasteiger partial charge in [0.2, 0.25) is 0 Å². The SMILES string of the molecule is CCO/N=C(/CC)C1=C(O)CC(C2(SC)NC=CS2)CC1=O. The van der Waals surface area contributed by atoms with Crippen molar-refractivity contribution in [2.75, 3.05) is 12.9 Å². The van der Waals surface area contributed by atoms with Crippen LogP contribution in [0.15, 0.2) is 28.1 Å². The summed E-state index contributed by atoms with van der Waals surface area (Å²) in [7, 11) is 0. The van der Waals surface area contributed by atoms with Crippen molar-refractivity contribution >= 4 is 35.0 Å². The Labute approximate surface area is 139 Å². The monoisotopic (exact) mass is 342 g/mol. The highest BCUT2D eigenvalue weighted by Crippen LogP contribution is 2.48. The molecule has 2 atom stereocenters. The maximum atomic E-state index is 12.6. The molecule has 2 aliphatic rings. The number of rotatable bonds is 6. The summed E-state index contributed by atoms with van der Waals surface area (Å²) in [5, 5.41) is 19.7. The lowest BCUT2D eigenvalue weighted by molar-refractivity contribution is -0.116. The van der Waals surface area contributed by atoms with Crippen molar-refractivity contribution < 1.29 is 14.7 Å². The quantitative estimate of drug-likeness (QED) is 0.569. The summed E-state index contributed by atoms with van der Waals surface area (Å²) >= 11 is 3.33. The Morgan fingerprint density at radius 1 is 1.59 bits per heavy atom. The molecule has 7 heteroatoms. The lowest BCUT2D eigenvalue weighted by Crippen LogP contribution is -2.43. The molecule has 0 bridgehead atoms. The second-order valence-corrected chi connectivity index (χ2v) is 7.56. The lowest BCUT2D eigenvalue weighted by Gasteiger charge is -2.37. The highest BCUT2D eigenvalue weighted by molar-refractivity contribution is 8.19. The Bertz CT molecular complexity index is 521. The van der Waals surface area contributed by atoms with Gasteiger partial charge < -0.3 is 15.3 Å². The van der Waals surface area contributed by atoms with Crippen molar-refractivity contribution in [1.82, 2.24) is 5.32 Å². The van der Waals surface area contributed by atoms with Crippen LogP contribution in [0.1, 0.15) is 33.1 Å². The van der Waals surface area contributed by atoms with E-state index in [1.165, 1.54) is 0 Å². The summed E-state index contributed by atoms with van der Waals surface area (Å²) < 4.78 is -0.279. The third kappa shape index (κ3) is 3.30. The van der Waals surface area contributed by atoms with E-state index in [-0.39, 0.29) is 21.7 Å². The first kappa shape index (κ1) is 17.3. The number of ketones is 1. The Morgan fingerprint density at radius 2 is 2.36 bits per heavy atom. The van der Waals surface area contributed by atoms with Gasteiger partial charge in [0.1, 0.15) is 16.6 Å². The predicted octanol–water partition coefficient (Wildman–Crippen LogP) is 3.40. The summed E-state index contributed by atoms with van der Waals surface area (Å²) in [5.74, 6) is 0.102. The van der Waals surface area contributed by atoms with Crippen LogP contribution in [0.25, 0.3) is 0 Å². The molecule has 0 amide bonds. The number of hydrogen-bond donors (Lipinski definition) is 2. The van der Waals surface area contributed by atoms with Crippen LogP contribution >= 0.6 is 23.5 Å². The van der Waals surface area contributed by atoms with Crippen molar-refractivity contribution in [3.63, 3.8) is 0 Å². The fourth-order valence-corrected chi connectivity index (χ4v) is 4.80. The van der Waals surface area contributed by atoms with E-state index in [0.717, 1.165) is 0 Å². The summed E-state index contributed by atoms with van der Waals surface area (Å²) in [4.78, 5) is 17.6. The van der Waals surface area contributed by atoms with Crippen LogP contribution in [0.4, 0.5) is 0 Å². The van der Waals surface area contributed by atoms with Gasteiger partial charge in [-0.15, -0.1) is 11.8 Å². The van der Waals surface area contributed by atoms with Crippen molar-refractivity contribution in [2.24, 2.45) is 11.1 Å². The minimum Gasteiger partial charge on any atom is -0.511 e. The molecule has 0 fully saturated rings. The van der Waals surface area contributed by atoms with Gasteiger partial charge in [0.15, 0.2) is 5.78 Å². The number of Topliss-reactive ketones (excluding diaryl/α,β-unsaturated/α-hetero) is 1. The number of oxime groups is 1. The Kier molecular flexibility index (Phi) is 5.86. The molecule has 0 aromatic heterocycles. The van der Waals surface area contributed by atoms with Crippen LogP contribution in [0.2, 0.25) is 0 Å². The minimum atomic E-state index is -0.279. The van der Waals surface area contributed by atoms with Gasteiger partial charge in [-0.3, -0.25) is 4.79 Å². The maximum absolute atomic E-state index is 12.6. The van der Waals surface area contributed by atoms with E-state index in [0.29, 0.717) is 37.2 Å². The molecular weight excluding hydrogens is 320 g/mol. The minimum absolute atomic E-state index is 0.0314. The molecule has 0 aromatic carbocycles. The van der Waals surface area contributed by atoms with E-state index in [4.69, 9.17) is 4.84 Å². The number of nitrogens with zero attached hydrogens (tertiary/aromatic N) is 1. The number of nitrogens with one attached hydrogen (secondary N) is 1. The predicted molar refractivity (Wildman–Crippen MR) is 92.9 cm³/mol. The molecule has 1 heterocycles. The topological polar surface area (TPSA) is 70.9 Å². The molecule has 122 valence electrons. The summed E-state index contributed by atoms with van der Waals surface area (Å²) in [5.41, 5.74) is 0.880. The van der Waals surface area contributed by atoms with Crippen LogP contribution in [0, 0.1) is 5.92 Å². The highest BCUT2D eigenvalue weighted by atomic mass is 32.2. The van der Waals surface area contributed by atoms with Crippen molar-refractivity contribution in [1.29, 1.82) is 0 Å². The van der Waals surface area contributed by atoms with E-state index in [1.807, 2.05) is 31.7 Å². The summed E-state index contributed by atoms with van der Waals surface area (Å²) in [6.45, 7) is 4.18. The molecule has 5 nitrogen and oxygen atoms in total. The third-order valence-corrected chi connectivity index (χ3v) is 6.72. The van der Waals surface area contributed by atoms with Gasteiger partial charge >= 0.3 is 0 Å². The van der Waals surface area contributed by atoms with Crippen LogP contribution in [-0.4, -0.2) is 33.7 Å². The summed E-state index contributed by atoms with van der Waals surface area (Å²) in [6.07, 6.45) is 5.33. The molecule has 0 radical (unpaired) electrons. The first-order chi connectivity index (χ1) is 10.6. The van der Waals surface area contributed by atoms with Crippen LogP contribution in [0.3, 0.4) is 0 Å². The van der Waals surface area contributed by atoms with E-state index in [1.54, 1.807) is 23.5 Å². The van der Waals surface area contributed by atoms with Crippen molar-refractivity contribution in [2.45, 2.75) is 37.3 Å². The largest absolute Gasteiger partial charge is 0.511 e. The molecule has 0 saturated heterocycles. The van der Waals surface area contributed by atoms with E-state index in [9.17, 15) is 9.90 Å². The van der Waals surface area contributed by atoms with E-state index < -0.39 is 0 Å². The number of carbonyl (C=O) groups excluding carboxylic acids is 1. The first-order valence-electron chi connectivity index (χ1n) is 7.38. The zero-order valence-corrected chi connectivity index (χ0v) is 14.7. The Morgan fingerprint density at radius 3 is 2.86 bits per heavy atom. The normalized spacial score (nSPS) is 29.0. The molecule has 22 heavy (non-hydrogen) atoms. The number of allylic oxidation sites excluding steroid dienone is 2. The van der Waals surface area contributed by atoms with Gasteiger partial charge in [0, 0.05) is 25.0 Å². The van der Waals surface area contributed by atoms with Crippen LogP contribution in [0.5, 0.6) is 0 Å². The fourth-order valence-electron chi connectivity index (χ4n) is 2.73. The van der Waals surface area contributed by atoms with E-state index >= 15 is 0 Å². The molecule has 0 saturated carbocycles. The molecule has 0 aromatic rings. The molecule has 2 N–H and O–H groups in total. The van der Waals surface area contributed by atoms with Crippen molar-refractivity contribution in [3.05, 3.63) is 22.9 Å². The molecule has 1 aliphatic heterocycles. The van der Waals surface area contributed by atoms with Gasteiger partial charge in [0.25, 0.3) is 0 Å². The smallest absolute Gasteiger partial charge is 0.168 e. The Hall–Kier alpha value is -1.08. The standard InChI is InChI=1S/C15H22N2O3S2/c1-4-11(17-20-5-2)14-12(18)8-10(9-13(14)19)15(21-3)16-6-7-22-15/h6-7,10,16,18H,4-5,8-9H2,1-3H3/b17-11-. The molecule has 2 rings (SSSR count). The van der Waals surface area contributed by atoms with Gasteiger partial charge in [-0.2, -0.15) is 0 Å². The van der Waals surface area contributed by atoms with Gasteiger partial charge in [-0.25, -0.2) is 0 Å². The lowest BCUT2D eigenvalue weighted by atomic mass is 9.84. The fraction of sp³-hybridized carbons (Fsp3) is 0.600. The molecule has 0 spiro atoms. The second-order valence-electron chi connectivity index (χ2n) is 5.10. The van der Waals surface area contributed by atoms with Gasteiger partial charge in [0.05, 0.1) is 11.3 Å². The average molecular weight is 342 g/mol. The van der Waals surface area contributed by atoms with Crippen molar-refractivity contribution in [3.8, 4) is 0 Å². The number of aliphatic hydroxyl groups excluding tert-OH is 1. The van der Waals surface area contributed by atoms with Gasteiger partial charge in [-0.1, -0.05) is 23.8 Å².